The van der Waals surface area contributed by atoms with Gasteiger partial charge in [0.25, 0.3) is 5.91 Å². The lowest BCUT2D eigenvalue weighted by atomic mass is 9.95. The first-order valence-electron chi connectivity index (χ1n) is 5.98. The van der Waals surface area contributed by atoms with Gasteiger partial charge in [-0.3, -0.25) is 4.79 Å². The molecular formula is C12H20N4O. The van der Waals surface area contributed by atoms with Gasteiger partial charge >= 0.3 is 0 Å². The van der Waals surface area contributed by atoms with E-state index in [4.69, 9.17) is 5.73 Å². The lowest BCUT2D eigenvalue weighted by molar-refractivity contribution is 0.0994. The highest BCUT2D eigenvalue weighted by Gasteiger charge is 2.13. The first-order chi connectivity index (χ1) is 8.08. The van der Waals surface area contributed by atoms with E-state index in [1.807, 2.05) is 0 Å². The van der Waals surface area contributed by atoms with Crippen LogP contribution < -0.4 is 11.1 Å². The highest BCUT2D eigenvalue weighted by molar-refractivity contribution is 5.90. The Hall–Kier alpha value is -1.65. The van der Waals surface area contributed by atoms with Crippen molar-refractivity contribution >= 4 is 11.7 Å². The Kier molecular flexibility index (Phi) is 4.87. The first kappa shape index (κ1) is 13.4. The molecular weight excluding hydrogens is 216 g/mol. The van der Waals surface area contributed by atoms with E-state index in [0.29, 0.717) is 17.8 Å². The average Bonchev–Trinajstić information content (AvgIpc) is 2.31. The van der Waals surface area contributed by atoms with Gasteiger partial charge < -0.3 is 11.1 Å². The second-order valence-corrected chi connectivity index (χ2v) is 4.18. The maximum atomic E-state index is 10.8. The van der Waals surface area contributed by atoms with Crippen molar-refractivity contribution in [3.05, 3.63) is 17.8 Å². The van der Waals surface area contributed by atoms with Gasteiger partial charge in [-0.15, -0.1) is 10.2 Å². The Balaban J connectivity index is 2.65. The second kappa shape index (κ2) is 6.18. The fraction of sp³-hybridized carbons (Fsp3) is 0.583. The number of nitrogens with one attached hydrogen (secondary N) is 1. The molecule has 5 heteroatoms. The van der Waals surface area contributed by atoms with Crippen LogP contribution >= 0.6 is 0 Å². The van der Waals surface area contributed by atoms with Crippen LogP contribution in [-0.2, 0) is 0 Å². The monoisotopic (exact) mass is 236 g/mol. The molecule has 1 amide bonds. The number of nitrogens with two attached hydrogens (primary N) is 1. The van der Waals surface area contributed by atoms with Gasteiger partial charge in [0.2, 0.25) is 0 Å². The molecule has 1 unspecified atom stereocenters. The van der Waals surface area contributed by atoms with E-state index in [1.54, 1.807) is 12.1 Å². The summed E-state index contributed by atoms with van der Waals surface area (Å²) in [4.78, 5) is 10.8. The van der Waals surface area contributed by atoms with Crippen molar-refractivity contribution in [2.45, 2.75) is 39.7 Å². The van der Waals surface area contributed by atoms with E-state index >= 15 is 0 Å². The Morgan fingerprint density at radius 2 is 2.00 bits per heavy atom. The molecule has 94 valence electrons. The van der Waals surface area contributed by atoms with Gasteiger partial charge in [0.05, 0.1) is 0 Å². The molecule has 17 heavy (non-hydrogen) atoms. The summed E-state index contributed by atoms with van der Waals surface area (Å²) in [7, 11) is 0. The average molecular weight is 236 g/mol. The molecule has 0 radical (unpaired) electrons. The molecule has 0 spiro atoms. The predicted octanol–water partition coefficient (Wildman–Crippen LogP) is 1.81. The lowest BCUT2D eigenvalue weighted by Gasteiger charge is -2.22. The largest absolute Gasteiger partial charge is 0.366 e. The van der Waals surface area contributed by atoms with Gasteiger partial charge in [0.1, 0.15) is 5.82 Å². The van der Waals surface area contributed by atoms with Gasteiger partial charge in [0.15, 0.2) is 5.69 Å². The van der Waals surface area contributed by atoms with E-state index in [1.165, 1.54) is 0 Å². The topological polar surface area (TPSA) is 80.9 Å². The van der Waals surface area contributed by atoms with Crippen LogP contribution in [-0.4, -0.2) is 22.1 Å². The van der Waals surface area contributed by atoms with Gasteiger partial charge in [-0.1, -0.05) is 26.7 Å². The molecule has 1 rings (SSSR count). The molecule has 0 fully saturated rings. The number of carbonyl (C=O) groups excluding carboxylic acids is 1. The van der Waals surface area contributed by atoms with Gasteiger partial charge in [0, 0.05) is 6.04 Å². The van der Waals surface area contributed by atoms with Crippen LogP contribution in [0.4, 0.5) is 5.82 Å². The fourth-order valence-corrected chi connectivity index (χ4v) is 1.89. The smallest absolute Gasteiger partial charge is 0.269 e. The number of carbonyl (C=O) groups is 1. The van der Waals surface area contributed by atoms with Gasteiger partial charge in [-0.25, -0.2) is 0 Å². The fourth-order valence-electron chi connectivity index (χ4n) is 1.89. The molecule has 1 atom stereocenters. The summed E-state index contributed by atoms with van der Waals surface area (Å²) in [6.45, 7) is 6.48. The van der Waals surface area contributed by atoms with Crippen LogP contribution in [0.1, 0.15) is 44.1 Å². The minimum Gasteiger partial charge on any atom is -0.366 e. The molecule has 3 N–H and O–H groups in total. The summed E-state index contributed by atoms with van der Waals surface area (Å²) in [6.07, 6.45) is 2.24. The normalized spacial score (nSPS) is 12.5. The SMILES string of the molecule is CCC(CC)C(C)Nc1ccc(C(N)=O)nn1. The number of hydrogen-bond acceptors (Lipinski definition) is 4. The third-order valence-corrected chi connectivity index (χ3v) is 3.05. The van der Waals surface area contributed by atoms with Crippen molar-refractivity contribution in [3.8, 4) is 0 Å². The van der Waals surface area contributed by atoms with Crippen LogP contribution in [0.25, 0.3) is 0 Å². The van der Waals surface area contributed by atoms with Crippen LogP contribution in [0.3, 0.4) is 0 Å². The lowest BCUT2D eigenvalue weighted by Crippen LogP contribution is -2.26. The summed E-state index contributed by atoms with van der Waals surface area (Å²) >= 11 is 0. The summed E-state index contributed by atoms with van der Waals surface area (Å²) in [5, 5.41) is 11.0. The quantitative estimate of drug-likeness (QED) is 0.789. The number of primary amides is 1. The number of rotatable bonds is 6. The maximum absolute atomic E-state index is 10.8. The van der Waals surface area contributed by atoms with E-state index in [0.717, 1.165) is 12.8 Å². The molecule has 5 nitrogen and oxygen atoms in total. The minimum atomic E-state index is -0.558. The molecule has 0 saturated carbocycles. The zero-order valence-electron chi connectivity index (χ0n) is 10.6. The molecule has 0 aliphatic carbocycles. The third-order valence-electron chi connectivity index (χ3n) is 3.05. The Morgan fingerprint density at radius 3 is 2.41 bits per heavy atom. The van der Waals surface area contributed by atoms with E-state index in [9.17, 15) is 4.79 Å². The van der Waals surface area contributed by atoms with E-state index < -0.39 is 5.91 Å². The van der Waals surface area contributed by atoms with Gasteiger partial charge in [-0.05, 0) is 25.0 Å². The molecule has 0 saturated heterocycles. The number of anilines is 1. The van der Waals surface area contributed by atoms with Crippen LogP contribution in [0.2, 0.25) is 0 Å². The number of nitrogens with zero attached hydrogens (tertiary/aromatic N) is 2. The number of amides is 1. The second-order valence-electron chi connectivity index (χ2n) is 4.18. The van der Waals surface area contributed by atoms with Crippen molar-refractivity contribution in [1.82, 2.24) is 10.2 Å². The highest BCUT2D eigenvalue weighted by Crippen LogP contribution is 2.16. The summed E-state index contributed by atoms with van der Waals surface area (Å²) in [5.41, 5.74) is 5.28. The highest BCUT2D eigenvalue weighted by atomic mass is 16.1. The summed E-state index contributed by atoms with van der Waals surface area (Å²) < 4.78 is 0. The minimum absolute atomic E-state index is 0.186. The molecule has 0 aliphatic rings. The molecule has 0 aliphatic heterocycles. The Labute approximate surface area is 102 Å². The first-order valence-corrected chi connectivity index (χ1v) is 5.98. The summed E-state index contributed by atoms with van der Waals surface area (Å²) in [5.74, 6) is 0.721. The van der Waals surface area contributed by atoms with Crippen LogP contribution in [0.5, 0.6) is 0 Å². The third kappa shape index (κ3) is 3.69. The van der Waals surface area contributed by atoms with Crippen molar-refractivity contribution in [3.63, 3.8) is 0 Å². The van der Waals surface area contributed by atoms with Gasteiger partial charge in [-0.2, -0.15) is 0 Å². The van der Waals surface area contributed by atoms with Crippen molar-refractivity contribution in [1.29, 1.82) is 0 Å². The molecule has 0 bridgehead atoms. The zero-order valence-corrected chi connectivity index (χ0v) is 10.6. The maximum Gasteiger partial charge on any atom is 0.269 e. The van der Waals surface area contributed by atoms with Crippen molar-refractivity contribution in [2.24, 2.45) is 11.7 Å². The van der Waals surface area contributed by atoms with Crippen LogP contribution in [0, 0.1) is 5.92 Å². The van der Waals surface area contributed by atoms with E-state index in [-0.39, 0.29) is 5.69 Å². The predicted molar refractivity (Wildman–Crippen MR) is 67.7 cm³/mol. The Morgan fingerprint density at radius 1 is 1.35 bits per heavy atom. The summed E-state index contributed by atoms with van der Waals surface area (Å²) in [6, 6.07) is 3.64. The zero-order chi connectivity index (χ0) is 12.8. The van der Waals surface area contributed by atoms with Crippen molar-refractivity contribution < 1.29 is 4.79 Å². The number of hydrogen-bond donors (Lipinski definition) is 2. The number of aromatic nitrogens is 2. The molecule has 0 aromatic carbocycles. The van der Waals surface area contributed by atoms with E-state index in [2.05, 4.69) is 36.3 Å². The molecule has 1 aromatic rings. The van der Waals surface area contributed by atoms with Crippen LogP contribution in [0.15, 0.2) is 12.1 Å². The van der Waals surface area contributed by atoms with Crippen molar-refractivity contribution in [2.75, 3.05) is 5.32 Å². The molecule has 1 aromatic heterocycles. The molecule has 1 heterocycles. The standard InChI is InChI=1S/C12H20N4O/c1-4-9(5-2)8(3)14-11-7-6-10(12(13)17)15-16-11/h6-9H,4-5H2,1-3H3,(H2,13,17)(H,14,16). The Bertz CT molecular complexity index is 359.